The second-order valence-corrected chi connectivity index (χ2v) is 6.99. The largest absolute Gasteiger partial charge is 0.493 e. The molecule has 4 nitrogen and oxygen atoms in total. The molecule has 136 valence electrons. The molecule has 0 fully saturated rings. The third-order valence-corrected chi connectivity index (χ3v) is 5.09. The van der Waals surface area contributed by atoms with E-state index in [9.17, 15) is 0 Å². The summed E-state index contributed by atoms with van der Waals surface area (Å²) >= 11 is 1.84. The number of ether oxygens (including phenoxy) is 3. The summed E-state index contributed by atoms with van der Waals surface area (Å²) in [4.78, 5) is 4.50. The molecule has 0 unspecified atom stereocenters. The average Bonchev–Trinajstić information content (AvgIpc) is 3.17. The van der Waals surface area contributed by atoms with Crippen molar-refractivity contribution in [2.45, 2.75) is 11.8 Å². The van der Waals surface area contributed by atoms with Crippen molar-refractivity contribution in [2.24, 2.45) is 0 Å². The van der Waals surface area contributed by atoms with Crippen molar-refractivity contribution in [2.75, 3.05) is 27.1 Å². The SMILES string of the molecule is CCSc1ccc(-c2c[nH]cc2-c2cc(OC)c(OC)c(OC)c2)cc1. The van der Waals surface area contributed by atoms with Crippen LogP contribution in [-0.2, 0) is 0 Å². The Labute approximate surface area is 158 Å². The number of H-pyrrole nitrogens is 1. The Kier molecular flexibility index (Phi) is 5.78. The minimum absolute atomic E-state index is 0.594. The number of benzene rings is 2. The van der Waals surface area contributed by atoms with Crippen LogP contribution in [0.5, 0.6) is 17.2 Å². The van der Waals surface area contributed by atoms with Gasteiger partial charge in [-0.1, -0.05) is 19.1 Å². The zero-order valence-corrected chi connectivity index (χ0v) is 16.3. The Hall–Kier alpha value is -2.53. The molecule has 5 heteroatoms. The summed E-state index contributed by atoms with van der Waals surface area (Å²) < 4.78 is 16.4. The van der Waals surface area contributed by atoms with Gasteiger partial charge in [0, 0.05) is 28.4 Å². The molecule has 0 saturated carbocycles. The normalized spacial score (nSPS) is 10.6. The van der Waals surface area contributed by atoms with Crippen molar-refractivity contribution >= 4 is 11.8 Å². The highest BCUT2D eigenvalue weighted by Gasteiger charge is 2.16. The Morgan fingerprint density at radius 3 is 1.88 bits per heavy atom. The summed E-state index contributed by atoms with van der Waals surface area (Å²) in [6.45, 7) is 2.16. The van der Waals surface area contributed by atoms with Crippen molar-refractivity contribution in [1.82, 2.24) is 4.98 Å². The number of thioether (sulfide) groups is 1. The van der Waals surface area contributed by atoms with Gasteiger partial charge in [-0.3, -0.25) is 0 Å². The van der Waals surface area contributed by atoms with Crippen LogP contribution in [0.2, 0.25) is 0 Å². The first-order chi connectivity index (χ1) is 12.7. The molecule has 0 atom stereocenters. The monoisotopic (exact) mass is 369 g/mol. The van der Waals surface area contributed by atoms with E-state index in [2.05, 4.69) is 36.2 Å². The summed E-state index contributed by atoms with van der Waals surface area (Å²) in [6.07, 6.45) is 4.01. The van der Waals surface area contributed by atoms with E-state index in [0.717, 1.165) is 28.0 Å². The summed E-state index contributed by atoms with van der Waals surface area (Å²) in [6, 6.07) is 12.6. The molecule has 0 aliphatic carbocycles. The van der Waals surface area contributed by atoms with E-state index in [0.29, 0.717) is 17.2 Å². The number of hydrogen-bond acceptors (Lipinski definition) is 4. The van der Waals surface area contributed by atoms with Crippen LogP contribution in [0, 0.1) is 0 Å². The highest BCUT2D eigenvalue weighted by molar-refractivity contribution is 7.99. The predicted molar refractivity (Wildman–Crippen MR) is 108 cm³/mol. The second kappa shape index (κ2) is 8.23. The first-order valence-corrected chi connectivity index (χ1v) is 9.40. The van der Waals surface area contributed by atoms with Crippen LogP contribution in [0.3, 0.4) is 0 Å². The molecule has 0 aliphatic heterocycles. The smallest absolute Gasteiger partial charge is 0.203 e. The maximum atomic E-state index is 5.49. The van der Waals surface area contributed by atoms with Gasteiger partial charge in [0.15, 0.2) is 11.5 Å². The van der Waals surface area contributed by atoms with Gasteiger partial charge in [-0.2, -0.15) is 0 Å². The fraction of sp³-hybridized carbons (Fsp3) is 0.238. The number of nitrogens with one attached hydrogen (secondary N) is 1. The van der Waals surface area contributed by atoms with Crippen LogP contribution in [0.25, 0.3) is 22.3 Å². The molecule has 2 aromatic carbocycles. The fourth-order valence-corrected chi connectivity index (χ4v) is 3.64. The standard InChI is InChI=1S/C21H23NO3S/c1-5-26-16-8-6-14(7-9-16)17-12-22-13-18(17)15-10-19(23-2)21(25-4)20(11-15)24-3/h6-13,22H,5H2,1-4H3. The molecule has 0 aliphatic rings. The third-order valence-electron chi connectivity index (χ3n) is 4.20. The topological polar surface area (TPSA) is 43.5 Å². The average molecular weight is 369 g/mol. The summed E-state index contributed by atoms with van der Waals surface area (Å²) in [7, 11) is 4.87. The lowest BCUT2D eigenvalue weighted by atomic mass is 9.98. The van der Waals surface area contributed by atoms with Gasteiger partial charge in [0.2, 0.25) is 5.75 Å². The molecule has 1 aromatic heterocycles. The molecule has 0 bridgehead atoms. The van der Waals surface area contributed by atoms with Gasteiger partial charge >= 0.3 is 0 Å². The lowest BCUT2D eigenvalue weighted by Crippen LogP contribution is -1.95. The summed E-state index contributed by atoms with van der Waals surface area (Å²) in [5.41, 5.74) is 4.38. The number of rotatable bonds is 7. The Morgan fingerprint density at radius 2 is 1.38 bits per heavy atom. The van der Waals surface area contributed by atoms with Gasteiger partial charge < -0.3 is 19.2 Å². The zero-order chi connectivity index (χ0) is 18.5. The first-order valence-electron chi connectivity index (χ1n) is 8.42. The van der Waals surface area contributed by atoms with Gasteiger partial charge in [0.05, 0.1) is 21.3 Å². The zero-order valence-electron chi connectivity index (χ0n) is 15.5. The number of aromatic amines is 1. The minimum atomic E-state index is 0.594. The van der Waals surface area contributed by atoms with Crippen LogP contribution >= 0.6 is 11.8 Å². The van der Waals surface area contributed by atoms with Gasteiger partial charge in [0.25, 0.3) is 0 Å². The highest BCUT2D eigenvalue weighted by Crippen LogP contribution is 2.43. The number of hydrogen-bond donors (Lipinski definition) is 1. The van der Waals surface area contributed by atoms with E-state index < -0.39 is 0 Å². The van der Waals surface area contributed by atoms with Crippen LogP contribution in [-0.4, -0.2) is 32.1 Å². The van der Waals surface area contributed by atoms with Crippen LogP contribution < -0.4 is 14.2 Å². The van der Waals surface area contributed by atoms with Gasteiger partial charge in [0.1, 0.15) is 0 Å². The van der Waals surface area contributed by atoms with Gasteiger partial charge in [-0.05, 0) is 41.1 Å². The van der Waals surface area contributed by atoms with Gasteiger partial charge in [-0.25, -0.2) is 0 Å². The van der Waals surface area contributed by atoms with Crippen LogP contribution in [0.1, 0.15) is 6.92 Å². The first kappa shape index (κ1) is 18.3. The van der Waals surface area contributed by atoms with E-state index in [4.69, 9.17) is 14.2 Å². The lowest BCUT2D eigenvalue weighted by Gasteiger charge is -2.14. The van der Waals surface area contributed by atoms with Crippen molar-refractivity contribution in [3.63, 3.8) is 0 Å². The predicted octanol–water partition coefficient (Wildman–Crippen LogP) is 5.49. The van der Waals surface area contributed by atoms with E-state index >= 15 is 0 Å². The maximum absolute atomic E-state index is 5.49. The molecule has 3 rings (SSSR count). The third kappa shape index (κ3) is 3.53. The quantitative estimate of drug-likeness (QED) is 0.560. The summed E-state index contributed by atoms with van der Waals surface area (Å²) in [5, 5.41) is 0. The molecule has 1 N–H and O–H groups in total. The van der Waals surface area contributed by atoms with Crippen LogP contribution in [0.4, 0.5) is 0 Å². The number of methoxy groups -OCH3 is 3. The van der Waals surface area contributed by atoms with E-state index in [-0.39, 0.29) is 0 Å². The Morgan fingerprint density at radius 1 is 0.808 bits per heavy atom. The molecule has 0 spiro atoms. The summed E-state index contributed by atoms with van der Waals surface area (Å²) in [5.74, 6) is 2.95. The van der Waals surface area contributed by atoms with E-state index in [1.807, 2.05) is 36.3 Å². The van der Waals surface area contributed by atoms with Crippen LogP contribution in [0.15, 0.2) is 53.7 Å². The van der Waals surface area contributed by atoms with Crippen molar-refractivity contribution in [3.8, 4) is 39.5 Å². The molecule has 0 saturated heterocycles. The molecule has 26 heavy (non-hydrogen) atoms. The van der Waals surface area contributed by atoms with E-state index in [1.165, 1.54) is 4.90 Å². The molecular formula is C21H23NO3S. The Bertz CT molecular complexity index is 846. The van der Waals surface area contributed by atoms with Crippen molar-refractivity contribution in [1.29, 1.82) is 0 Å². The molecular weight excluding hydrogens is 346 g/mol. The highest BCUT2D eigenvalue weighted by atomic mass is 32.2. The Balaban J connectivity index is 2.05. The molecule has 0 radical (unpaired) electrons. The number of aromatic nitrogens is 1. The van der Waals surface area contributed by atoms with E-state index in [1.54, 1.807) is 21.3 Å². The second-order valence-electron chi connectivity index (χ2n) is 5.65. The fourth-order valence-electron chi connectivity index (χ4n) is 2.98. The lowest BCUT2D eigenvalue weighted by molar-refractivity contribution is 0.324. The minimum Gasteiger partial charge on any atom is -0.493 e. The molecule has 1 heterocycles. The van der Waals surface area contributed by atoms with Crippen molar-refractivity contribution < 1.29 is 14.2 Å². The molecule has 3 aromatic rings. The molecule has 0 amide bonds. The maximum Gasteiger partial charge on any atom is 0.203 e. The van der Waals surface area contributed by atoms with Gasteiger partial charge in [-0.15, -0.1) is 11.8 Å². The van der Waals surface area contributed by atoms with Crippen molar-refractivity contribution in [3.05, 3.63) is 48.8 Å².